The number of halogens is 2. The van der Waals surface area contributed by atoms with Gasteiger partial charge in [0, 0.05) is 16.5 Å². The van der Waals surface area contributed by atoms with E-state index in [0.717, 1.165) is 37.1 Å². The molecule has 2 heterocycles. The molecule has 2 aromatic carbocycles. The molecule has 0 saturated carbocycles. The fourth-order valence-corrected chi connectivity index (χ4v) is 7.30. The fraction of sp³-hybridized carbons (Fsp3) is 0.414. The van der Waals surface area contributed by atoms with Crippen LogP contribution in [0.1, 0.15) is 73.9 Å². The first kappa shape index (κ1) is 27.2. The van der Waals surface area contributed by atoms with E-state index in [2.05, 4.69) is 28.2 Å². The van der Waals surface area contributed by atoms with Crippen LogP contribution in [0.25, 0.3) is 11.1 Å². The molecule has 3 aromatic rings. The first-order valence-corrected chi connectivity index (χ1v) is 14.7. The summed E-state index contributed by atoms with van der Waals surface area (Å²) in [5.41, 5.74) is 4.12. The van der Waals surface area contributed by atoms with Gasteiger partial charge in [0.25, 0.3) is 0 Å². The molecular weight excluding hydrogens is 537 g/mol. The van der Waals surface area contributed by atoms with Gasteiger partial charge in [0.15, 0.2) is 5.69 Å². The molecule has 0 radical (unpaired) electrons. The van der Waals surface area contributed by atoms with Gasteiger partial charge in [-0.15, -0.1) is 0 Å². The number of aryl methyl sites for hydroxylation is 1. The lowest BCUT2D eigenvalue weighted by Crippen LogP contribution is -2.48. The van der Waals surface area contributed by atoms with Crippen LogP contribution in [0, 0.1) is 23.7 Å². The number of nitriles is 1. The highest BCUT2D eigenvalue weighted by Crippen LogP contribution is 2.61. The van der Waals surface area contributed by atoms with Gasteiger partial charge in [-0.05, 0) is 70.8 Å². The third-order valence-electron chi connectivity index (χ3n) is 7.78. The summed E-state index contributed by atoms with van der Waals surface area (Å²) in [6, 6.07) is 15.8. The Balaban J connectivity index is 1.70. The predicted molar refractivity (Wildman–Crippen MR) is 154 cm³/mol. The standard InChI is InChI=1S/C29H31Cl2N5OS/c1-17-23(20-10-7-11-21(30)25(20)31)22(16-32)35-27(34-17)24-18-8-5-6-9-19(18)26(36-38(37)28(2,3)4)29(24)12-14-33-15-13-29/h5-11,24,26,33,36H,12-15H2,1-4H3/t24?,26-,38?/m1/s1. The Morgan fingerprint density at radius 2 is 1.76 bits per heavy atom. The topological polar surface area (TPSA) is 90.7 Å². The van der Waals surface area contributed by atoms with Crippen molar-refractivity contribution in [2.24, 2.45) is 5.41 Å². The van der Waals surface area contributed by atoms with Crippen molar-refractivity contribution in [3.8, 4) is 17.2 Å². The van der Waals surface area contributed by atoms with Crippen LogP contribution in [0.5, 0.6) is 0 Å². The van der Waals surface area contributed by atoms with Crippen molar-refractivity contribution < 1.29 is 4.21 Å². The van der Waals surface area contributed by atoms with Crippen LogP contribution in [-0.4, -0.2) is 32.0 Å². The molecule has 1 aliphatic carbocycles. The molecule has 3 atom stereocenters. The predicted octanol–water partition coefficient (Wildman–Crippen LogP) is 6.24. The normalized spacial score (nSPS) is 21.2. The second kappa shape index (κ2) is 10.3. The Labute approximate surface area is 236 Å². The molecule has 5 rings (SSSR count). The molecule has 1 aliphatic heterocycles. The van der Waals surface area contributed by atoms with Crippen LogP contribution >= 0.6 is 23.2 Å². The highest BCUT2D eigenvalue weighted by molar-refractivity contribution is 7.84. The Morgan fingerprint density at radius 3 is 2.42 bits per heavy atom. The van der Waals surface area contributed by atoms with Crippen LogP contribution < -0.4 is 10.0 Å². The summed E-state index contributed by atoms with van der Waals surface area (Å²) in [7, 11) is -1.27. The van der Waals surface area contributed by atoms with Crippen LogP contribution in [0.15, 0.2) is 42.5 Å². The molecule has 6 nitrogen and oxygen atoms in total. The second-order valence-corrected chi connectivity index (χ2v) is 13.9. The summed E-state index contributed by atoms with van der Waals surface area (Å²) in [5.74, 6) is 0.450. The molecule has 1 saturated heterocycles. The lowest BCUT2D eigenvalue weighted by Gasteiger charge is -2.44. The number of hydrogen-bond acceptors (Lipinski definition) is 5. The molecule has 1 aromatic heterocycles. The van der Waals surface area contributed by atoms with Gasteiger partial charge in [-0.2, -0.15) is 5.26 Å². The largest absolute Gasteiger partial charge is 0.317 e. The van der Waals surface area contributed by atoms with E-state index in [1.807, 2.05) is 45.9 Å². The Kier molecular flexibility index (Phi) is 7.40. The van der Waals surface area contributed by atoms with E-state index in [1.165, 1.54) is 0 Å². The highest BCUT2D eigenvalue weighted by Gasteiger charge is 2.56. The van der Waals surface area contributed by atoms with Crippen LogP contribution in [0.2, 0.25) is 10.0 Å². The third kappa shape index (κ3) is 4.57. The number of rotatable bonds is 4. The van der Waals surface area contributed by atoms with Gasteiger partial charge in [0.1, 0.15) is 11.9 Å². The number of piperidine rings is 1. The zero-order valence-corrected chi connectivity index (χ0v) is 24.3. The molecule has 2 unspecified atom stereocenters. The maximum atomic E-state index is 13.4. The quantitative estimate of drug-likeness (QED) is 0.389. The van der Waals surface area contributed by atoms with E-state index in [0.29, 0.717) is 32.7 Å². The van der Waals surface area contributed by atoms with Gasteiger partial charge in [-0.1, -0.05) is 59.6 Å². The number of nitrogens with one attached hydrogen (secondary N) is 2. The van der Waals surface area contributed by atoms with Crippen molar-refractivity contribution in [3.63, 3.8) is 0 Å². The van der Waals surface area contributed by atoms with E-state index in [4.69, 9.17) is 33.2 Å². The summed E-state index contributed by atoms with van der Waals surface area (Å²) in [6.45, 7) is 9.51. The van der Waals surface area contributed by atoms with Crippen molar-refractivity contribution in [3.05, 3.63) is 80.8 Å². The molecule has 2 aliphatic rings. The maximum Gasteiger partial charge on any atom is 0.152 e. The minimum Gasteiger partial charge on any atom is -0.317 e. The van der Waals surface area contributed by atoms with Crippen LogP contribution in [-0.2, 0) is 11.0 Å². The average Bonchev–Trinajstić information content (AvgIpc) is 3.13. The zero-order valence-electron chi connectivity index (χ0n) is 21.9. The summed E-state index contributed by atoms with van der Waals surface area (Å²) in [5, 5.41) is 14.5. The molecule has 38 heavy (non-hydrogen) atoms. The second-order valence-electron chi connectivity index (χ2n) is 11.1. The molecule has 1 spiro atoms. The van der Waals surface area contributed by atoms with Gasteiger partial charge in [0.2, 0.25) is 0 Å². The summed E-state index contributed by atoms with van der Waals surface area (Å²) >= 11 is 12.8. The van der Waals surface area contributed by atoms with E-state index in [1.54, 1.807) is 12.1 Å². The monoisotopic (exact) mass is 567 g/mol. The van der Waals surface area contributed by atoms with E-state index >= 15 is 0 Å². The van der Waals surface area contributed by atoms with Crippen molar-refractivity contribution in [1.29, 1.82) is 5.26 Å². The molecule has 2 N–H and O–H groups in total. The number of aromatic nitrogens is 2. The van der Waals surface area contributed by atoms with Gasteiger partial charge in [-0.3, -0.25) is 0 Å². The van der Waals surface area contributed by atoms with Gasteiger partial charge in [0.05, 0.1) is 43.4 Å². The summed E-state index contributed by atoms with van der Waals surface area (Å²) in [6.07, 6.45) is 1.72. The lowest BCUT2D eigenvalue weighted by molar-refractivity contribution is 0.138. The molecule has 198 valence electrons. The van der Waals surface area contributed by atoms with Crippen molar-refractivity contribution >= 4 is 34.2 Å². The Hall–Kier alpha value is -2.34. The molecule has 1 fully saturated rings. The molecule has 0 bridgehead atoms. The number of nitrogens with zero attached hydrogens (tertiary/aromatic N) is 3. The van der Waals surface area contributed by atoms with Crippen LogP contribution in [0.3, 0.4) is 0 Å². The van der Waals surface area contributed by atoms with Gasteiger partial charge < -0.3 is 5.32 Å². The minimum absolute atomic E-state index is 0.137. The Bertz CT molecular complexity index is 1460. The Morgan fingerprint density at radius 1 is 1.08 bits per heavy atom. The summed E-state index contributed by atoms with van der Waals surface area (Å²) in [4.78, 5) is 9.93. The smallest absolute Gasteiger partial charge is 0.152 e. The minimum atomic E-state index is -1.27. The van der Waals surface area contributed by atoms with Crippen molar-refractivity contribution in [1.82, 2.24) is 20.0 Å². The van der Waals surface area contributed by atoms with E-state index in [9.17, 15) is 9.47 Å². The van der Waals surface area contributed by atoms with Crippen molar-refractivity contribution in [2.75, 3.05) is 13.1 Å². The molecular formula is C29H31Cl2N5OS. The maximum absolute atomic E-state index is 13.4. The molecule has 0 amide bonds. The fourth-order valence-electron chi connectivity index (χ4n) is 5.98. The van der Waals surface area contributed by atoms with E-state index < -0.39 is 15.7 Å². The van der Waals surface area contributed by atoms with E-state index in [-0.39, 0.29) is 23.1 Å². The average molecular weight is 569 g/mol. The third-order valence-corrected chi connectivity index (χ3v) is 10.2. The molecule has 9 heteroatoms. The first-order valence-electron chi connectivity index (χ1n) is 12.8. The van der Waals surface area contributed by atoms with Crippen molar-refractivity contribution in [2.45, 2.75) is 57.2 Å². The lowest BCUT2D eigenvalue weighted by atomic mass is 9.67. The number of fused-ring (bicyclic) bond motifs is 1. The summed E-state index contributed by atoms with van der Waals surface area (Å²) < 4.78 is 16.5. The highest BCUT2D eigenvalue weighted by atomic mass is 35.5. The first-order chi connectivity index (χ1) is 18.1. The zero-order chi connectivity index (χ0) is 27.2. The number of benzene rings is 2. The number of hydrogen-bond donors (Lipinski definition) is 2. The SMILES string of the molecule is Cc1nc(C2c3ccccc3[C@@H](NS(=O)C(C)(C)C)C23CCNCC3)nc(C#N)c1-c1cccc(Cl)c1Cl. The van der Waals surface area contributed by atoms with Gasteiger partial charge >= 0.3 is 0 Å². The van der Waals surface area contributed by atoms with Gasteiger partial charge in [-0.25, -0.2) is 18.9 Å². The van der Waals surface area contributed by atoms with Crippen LogP contribution in [0.4, 0.5) is 0 Å².